The maximum atomic E-state index is 11.9. The minimum atomic E-state index is 0.173. The maximum Gasteiger partial charge on any atom is 0.220 e. The number of hydrogen-bond donors (Lipinski definition) is 2. The highest BCUT2D eigenvalue weighted by Crippen LogP contribution is 2.25. The third-order valence-electron chi connectivity index (χ3n) is 3.77. The van der Waals surface area contributed by atoms with E-state index in [1.807, 2.05) is 0 Å². The van der Waals surface area contributed by atoms with Gasteiger partial charge in [-0.3, -0.25) is 9.48 Å². The summed E-state index contributed by atoms with van der Waals surface area (Å²) in [6.07, 6.45) is 11.7. The summed E-state index contributed by atoms with van der Waals surface area (Å²) in [6.45, 7) is 1.29. The van der Waals surface area contributed by atoms with E-state index in [0.717, 1.165) is 0 Å². The second-order valence-corrected chi connectivity index (χ2v) is 5.45. The number of nitrogens with one attached hydrogen (secondary N) is 1. The second-order valence-electron chi connectivity index (χ2n) is 5.45. The molecule has 1 aliphatic rings. The van der Waals surface area contributed by atoms with Crippen molar-refractivity contribution in [3.63, 3.8) is 0 Å². The molecule has 1 fully saturated rings. The summed E-state index contributed by atoms with van der Waals surface area (Å²) in [4.78, 5) is 11.9. The average molecular weight is 264 g/mol. The third kappa shape index (κ3) is 4.93. The van der Waals surface area contributed by atoms with Crippen LogP contribution in [0.15, 0.2) is 12.4 Å². The minimum Gasteiger partial charge on any atom is -0.396 e. The van der Waals surface area contributed by atoms with Crippen molar-refractivity contribution in [1.29, 1.82) is 0 Å². The summed E-state index contributed by atoms with van der Waals surface area (Å²) in [5.74, 6) is 0.759. The minimum absolute atomic E-state index is 0.173. The molecule has 0 atom stereocenters. The van der Waals surface area contributed by atoms with E-state index in [1.165, 1.54) is 38.5 Å². The smallest absolute Gasteiger partial charge is 0.220 e. The lowest BCUT2D eigenvalue weighted by Crippen LogP contribution is -2.28. The topological polar surface area (TPSA) is 72.9 Å². The van der Waals surface area contributed by atoms with E-state index in [-0.39, 0.29) is 5.91 Å². The number of hydrogen-bond acceptors (Lipinski definition) is 3. The van der Waals surface area contributed by atoms with Crippen LogP contribution >= 0.6 is 0 Å². The number of aromatic nitrogens is 2. The fraction of sp³-hybridized carbons (Fsp3) is 0.714. The Bertz CT molecular complexity index is 394. The first-order valence-corrected chi connectivity index (χ1v) is 7.28. The first-order chi connectivity index (χ1) is 9.24. The van der Waals surface area contributed by atoms with Gasteiger partial charge in [0.05, 0.1) is 18.4 Å². The predicted octanol–water partition coefficient (Wildman–Crippen LogP) is 1.94. The van der Waals surface area contributed by atoms with E-state index in [9.17, 15) is 4.79 Å². The highest BCUT2D eigenvalue weighted by Gasteiger charge is 2.15. The summed E-state index contributed by atoms with van der Waals surface area (Å²) < 4.78 is 1.75. The molecule has 3 N–H and O–H groups in total. The Morgan fingerprint density at radius 3 is 2.74 bits per heavy atom. The highest BCUT2D eigenvalue weighted by atomic mass is 16.1. The van der Waals surface area contributed by atoms with Crippen molar-refractivity contribution >= 4 is 11.6 Å². The van der Waals surface area contributed by atoms with Crippen LogP contribution < -0.4 is 11.1 Å². The molecule has 0 spiro atoms. The largest absolute Gasteiger partial charge is 0.396 e. The summed E-state index contributed by atoms with van der Waals surface area (Å²) in [7, 11) is 0. The van der Waals surface area contributed by atoms with Gasteiger partial charge in [-0.25, -0.2) is 0 Å². The number of carbonyl (C=O) groups excluding carboxylic acids is 1. The van der Waals surface area contributed by atoms with Crippen LogP contribution in [0.1, 0.15) is 44.9 Å². The van der Waals surface area contributed by atoms with Gasteiger partial charge >= 0.3 is 0 Å². The lowest BCUT2D eigenvalue weighted by Gasteiger charge is -2.13. The van der Waals surface area contributed by atoms with Crippen molar-refractivity contribution in [2.75, 3.05) is 12.3 Å². The predicted molar refractivity (Wildman–Crippen MR) is 75.5 cm³/mol. The molecule has 0 saturated heterocycles. The molecular formula is C14H24N4O. The Labute approximate surface area is 114 Å². The fourth-order valence-corrected chi connectivity index (χ4v) is 2.71. The molecule has 1 aromatic heterocycles. The average Bonchev–Trinajstić information content (AvgIpc) is 2.63. The van der Waals surface area contributed by atoms with Crippen LogP contribution in [0.25, 0.3) is 0 Å². The zero-order valence-electron chi connectivity index (χ0n) is 11.5. The van der Waals surface area contributed by atoms with Crippen LogP contribution in [0, 0.1) is 5.92 Å². The van der Waals surface area contributed by atoms with Crippen molar-refractivity contribution in [3.8, 4) is 0 Å². The van der Waals surface area contributed by atoms with Crippen molar-refractivity contribution in [2.24, 2.45) is 5.92 Å². The van der Waals surface area contributed by atoms with Gasteiger partial charge in [-0.1, -0.05) is 25.7 Å². The summed E-state index contributed by atoms with van der Waals surface area (Å²) in [5, 5.41) is 7.05. The fourth-order valence-electron chi connectivity index (χ4n) is 2.71. The quantitative estimate of drug-likeness (QED) is 0.798. The molecule has 0 bridgehead atoms. The first kappa shape index (κ1) is 13.9. The van der Waals surface area contributed by atoms with Gasteiger partial charge in [0.25, 0.3) is 0 Å². The lowest BCUT2D eigenvalue weighted by molar-refractivity contribution is -0.122. The van der Waals surface area contributed by atoms with E-state index in [2.05, 4.69) is 10.4 Å². The molecule has 1 saturated carbocycles. The Morgan fingerprint density at radius 2 is 2.11 bits per heavy atom. The summed E-state index contributed by atoms with van der Waals surface area (Å²) >= 11 is 0. The summed E-state index contributed by atoms with van der Waals surface area (Å²) in [5.41, 5.74) is 6.24. The van der Waals surface area contributed by atoms with Gasteiger partial charge in [-0.2, -0.15) is 5.10 Å². The molecule has 0 unspecified atom stereocenters. The number of carbonyl (C=O) groups is 1. The van der Waals surface area contributed by atoms with Crippen molar-refractivity contribution in [3.05, 3.63) is 12.4 Å². The highest BCUT2D eigenvalue weighted by molar-refractivity contribution is 5.76. The number of nitrogens with zero attached hydrogens (tertiary/aromatic N) is 2. The Balaban J connectivity index is 1.63. The van der Waals surface area contributed by atoms with E-state index in [4.69, 9.17) is 5.73 Å². The van der Waals surface area contributed by atoms with Crippen LogP contribution in [0.2, 0.25) is 0 Å². The van der Waals surface area contributed by atoms with Gasteiger partial charge in [-0.15, -0.1) is 0 Å². The molecule has 0 aromatic carbocycles. The molecule has 0 radical (unpaired) electrons. The van der Waals surface area contributed by atoms with Crippen LogP contribution in [0.4, 0.5) is 5.69 Å². The van der Waals surface area contributed by atoms with E-state index >= 15 is 0 Å². The second kappa shape index (κ2) is 7.16. The van der Waals surface area contributed by atoms with E-state index in [0.29, 0.717) is 31.1 Å². The molecule has 0 aliphatic heterocycles. The molecule has 1 heterocycles. The third-order valence-corrected chi connectivity index (χ3v) is 3.77. The zero-order valence-corrected chi connectivity index (χ0v) is 11.5. The molecule has 5 nitrogen and oxygen atoms in total. The SMILES string of the molecule is Nc1cnn(CCNC(=O)CC2CCCCCC2)c1. The van der Waals surface area contributed by atoms with Crippen molar-refractivity contribution in [1.82, 2.24) is 15.1 Å². The Kier molecular flexibility index (Phi) is 5.24. The number of amides is 1. The van der Waals surface area contributed by atoms with E-state index in [1.54, 1.807) is 17.1 Å². The van der Waals surface area contributed by atoms with Crippen LogP contribution in [-0.4, -0.2) is 22.2 Å². The van der Waals surface area contributed by atoms with Gasteiger partial charge in [0.2, 0.25) is 5.91 Å². The first-order valence-electron chi connectivity index (χ1n) is 7.28. The molecule has 5 heteroatoms. The molecule has 2 rings (SSSR count). The van der Waals surface area contributed by atoms with Gasteiger partial charge in [0.1, 0.15) is 0 Å². The number of anilines is 1. The number of rotatable bonds is 5. The van der Waals surface area contributed by atoms with Crippen molar-refractivity contribution < 1.29 is 4.79 Å². The van der Waals surface area contributed by atoms with E-state index < -0.39 is 0 Å². The molecule has 1 aromatic rings. The van der Waals surface area contributed by atoms with Crippen molar-refractivity contribution in [2.45, 2.75) is 51.5 Å². The number of nitrogen functional groups attached to an aromatic ring is 1. The Hall–Kier alpha value is -1.52. The Morgan fingerprint density at radius 1 is 1.37 bits per heavy atom. The zero-order chi connectivity index (χ0) is 13.5. The molecular weight excluding hydrogens is 240 g/mol. The standard InChI is InChI=1S/C14H24N4O/c15-13-10-17-18(11-13)8-7-16-14(19)9-12-5-3-1-2-4-6-12/h10-12H,1-9,15H2,(H,16,19). The summed E-state index contributed by atoms with van der Waals surface area (Å²) in [6, 6.07) is 0. The monoisotopic (exact) mass is 264 g/mol. The van der Waals surface area contributed by atoms with Crippen LogP contribution in [0.5, 0.6) is 0 Å². The molecule has 1 amide bonds. The maximum absolute atomic E-state index is 11.9. The molecule has 106 valence electrons. The lowest BCUT2D eigenvalue weighted by atomic mass is 9.96. The van der Waals surface area contributed by atoms with Gasteiger partial charge in [0, 0.05) is 19.2 Å². The van der Waals surface area contributed by atoms with Gasteiger partial charge in [-0.05, 0) is 18.8 Å². The van der Waals surface area contributed by atoms with Gasteiger partial charge in [0.15, 0.2) is 0 Å². The van der Waals surface area contributed by atoms with Gasteiger partial charge < -0.3 is 11.1 Å². The normalized spacial score (nSPS) is 17.1. The number of nitrogens with two attached hydrogens (primary N) is 1. The molecule has 1 aliphatic carbocycles. The van der Waals surface area contributed by atoms with Crippen LogP contribution in [0.3, 0.4) is 0 Å². The van der Waals surface area contributed by atoms with Crippen LogP contribution in [-0.2, 0) is 11.3 Å². The molecule has 19 heavy (non-hydrogen) atoms.